The highest BCUT2D eigenvalue weighted by Gasteiger charge is 2.21. The van der Waals surface area contributed by atoms with E-state index in [0.717, 1.165) is 10.4 Å². The van der Waals surface area contributed by atoms with Gasteiger partial charge in [-0.25, -0.2) is 9.97 Å². The smallest absolute Gasteiger partial charge is 0.126 e. The molecule has 0 aromatic carbocycles. The maximum absolute atomic E-state index is 4.41. The molecule has 1 aliphatic rings. The van der Waals surface area contributed by atoms with Crippen molar-refractivity contribution in [3.63, 3.8) is 0 Å². The first kappa shape index (κ1) is 8.17. The maximum atomic E-state index is 4.41. The van der Waals surface area contributed by atoms with Crippen LogP contribution in [0.4, 0.5) is 0 Å². The van der Waals surface area contributed by atoms with Crippen LogP contribution in [0.1, 0.15) is 36.7 Å². The minimum atomic E-state index is 0.697. The third-order valence-electron chi connectivity index (χ3n) is 2.35. The van der Waals surface area contributed by atoms with Crippen molar-refractivity contribution in [1.82, 2.24) is 9.97 Å². The predicted octanol–water partition coefficient (Wildman–Crippen LogP) is 2.82. The van der Waals surface area contributed by atoms with E-state index in [0.29, 0.717) is 5.92 Å². The molecule has 1 aromatic rings. The van der Waals surface area contributed by atoms with E-state index < -0.39 is 0 Å². The van der Waals surface area contributed by atoms with Gasteiger partial charge < -0.3 is 0 Å². The summed E-state index contributed by atoms with van der Waals surface area (Å²) < 4.78 is 0.914. The fraction of sp³-hybridized carbons (Fsp3) is 0.556. The van der Waals surface area contributed by atoms with Crippen molar-refractivity contribution < 1.29 is 0 Å². The summed E-state index contributed by atoms with van der Waals surface area (Å²) in [5, 5.41) is 0. The van der Waals surface area contributed by atoms with Crippen LogP contribution in [0.15, 0.2) is 10.7 Å². The number of halogens is 1. The molecule has 3 heteroatoms. The fourth-order valence-electron chi connectivity index (χ4n) is 1.47. The summed E-state index contributed by atoms with van der Waals surface area (Å²) >= 11 is 3.38. The quantitative estimate of drug-likeness (QED) is 0.689. The van der Waals surface area contributed by atoms with Crippen LogP contribution < -0.4 is 0 Å². The molecule has 1 aliphatic carbocycles. The monoisotopic (exact) mass is 226 g/mol. The Hall–Kier alpha value is -0.440. The Morgan fingerprint density at radius 2 is 2.17 bits per heavy atom. The largest absolute Gasteiger partial charge is 0.238 e. The average Bonchev–Trinajstić information content (AvgIpc) is 1.79. The average molecular weight is 227 g/mol. The Morgan fingerprint density at radius 3 is 2.67 bits per heavy atom. The molecule has 0 atom stereocenters. The minimum Gasteiger partial charge on any atom is -0.238 e. The Morgan fingerprint density at radius 1 is 1.42 bits per heavy atom. The summed E-state index contributed by atoms with van der Waals surface area (Å²) in [6.45, 7) is 1.94. The molecule has 64 valence electrons. The van der Waals surface area contributed by atoms with Gasteiger partial charge in [-0.3, -0.25) is 0 Å². The highest BCUT2D eigenvalue weighted by atomic mass is 79.9. The van der Waals surface area contributed by atoms with Gasteiger partial charge in [0.25, 0.3) is 0 Å². The van der Waals surface area contributed by atoms with Gasteiger partial charge in [0.2, 0.25) is 0 Å². The predicted molar refractivity (Wildman–Crippen MR) is 51.1 cm³/mol. The molecule has 0 bridgehead atoms. The van der Waals surface area contributed by atoms with Crippen LogP contribution in [0.2, 0.25) is 0 Å². The van der Waals surface area contributed by atoms with Gasteiger partial charge in [0.05, 0.1) is 0 Å². The first-order valence-corrected chi connectivity index (χ1v) is 5.06. The van der Waals surface area contributed by atoms with Gasteiger partial charge in [0, 0.05) is 11.6 Å². The second kappa shape index (κ2) is 3.13. The minimum absolute atomic E-state index is 0.697. The molecule has 0 spiro atoms. The molecular formula is C9H11BrN2. The summed E-state index contributed by atoms with van der Waals surface area (Å²) in [4.78, 5) is 8.60. The van der Waals surface area contributed by atoms with Gasteiger partial charge in [0.15, 0.2) is 0 Å². The summed E-state index contributed by atoms with van der Waals surface area (Å²) in [5.41, 5.74) is 1.21. The molecule has 2 nitrogen and oxygen atoms in total. The number of hydrogen-bond donors (Lipinski definition) is 0. The van der Waals surface area contributed by atoms with Crippen molar-refractivity contribution in [2.24, 2.45) is 0 Å². The van der Waals surface area contributed by atoms with E-state index >= 15 is 0 Å². The van der Waals surface area contributed by atoms with E-state index in [4.69, 9.17) is 0 Å². The van der Waals surface area contributed by atoms with Gasteiger partial charge in [-0.1, -0.05) is 6.42 Å². The van der Waals surface area contributed by atoms with Gasteiger partial charge >= 0.3 is 0 Å². The molecule has 1 heterocycles. The molecule has 0 aliphatic heterocycles. The lowest BCUT2D eigenvalue weighted by atomic mass is 9.83. The van der Waals surface area contributed by atoms with Crippen LogP contribution >= 0.6 is 15.9 Å². The fourth-order valence-corrected chi connectivity index (χ4v) is 1.96. The molecule has 1 fully saturated rings. The highest BCUT2D eigenvalue weighted by Crippen LogP contribution is 2.35. The van der Waals surface area contributed by atoms with Crippen molar-refractivity contribution in [3.8, 4) is 0 Å². The zero-order chi connectivity index (χ0) is 8.55. The zero-order valence-corrected chi connectivity index (χ0v) is 8.63. The molecule has 1 saturated carbocycles. The van der Waals surface area contributed by atoms with Gasteiger partial charge in [-0.05, 0) is 41.8 Å². The second-order valence-corrected chi connectivity index (χ2v) is 4.10. The van der Waals surface area contributed by atoms with E-state index in [1.165, 1.54) is 25.0 Å². The summed E-state index contributed by atoms with van der Waals surface area (Å²) in [6.07, 6.45) is 3.94. The van der Waals surface area contributed by atoms with E-state index in [2.05, 4.69) is 25.9 Å². The molecule has 0 N–H and O–H groups in total. The lowest BCUT2D eigenvalue weighted by Gasteiger charge is -2.24. The van der Waals surface area contributed by atoms with Crippen molar-refractivity contribution in [3.05, 3.63) is 22.2 Å². The first-order chi connectivity index (χ1) is 5.75. The topological polar surface area (TPSA) is 25.8 Å². The summed E-state index contributed by atoms with van der Waals surface area (Å²) in [5.74, 6) is 1.56. The standard InChI is InChI=1S/C9H11BrN2/c1-6-11-8(5-9(10)12-6)7-3-2-4-7/h5,7H,2-4H2,1H3. The van der Waals surface area contributed by atoms with Crippen molar-refractivity contribution in [2.75, 3.05) is 0 Å². The Labute approximate surface area is 80.6 Å². The van der Waals surface area contributed by atoms with E-state index in [1.54, 1.807) is 0 Å². The lowest BCUT2D eigenvalue weighted by molar-refractivity contribution is 0.409. The Balaban J connectivity index is 2.30. The normalized spacial score (nSPS) is 17.5. The van der Waals surface area contributed by atoms with Crippen LogP contribution in [-0.2, 0) is 0 Å². The number of hydrogen-bond acceptors (Lipinski definition) is 2. The molecule has 12 heavy (non-hydrogen) atoms. The van der Waals surface area contributed by atoms with Gasteiger partial charge in [-0.2, -0.15) is 0 Å². The van der Waals surface area contributed by atoms with Crippen molar-refractivity contribution in [1.29, 1.82) is 0 Å². The van der Waals surface area contributed by atoms with Gasteiger partial charge in [-0.15, -0.1) is 0 Å². The number of rotatable bonds is 1. The van der Waals surface area contributed by atoms with Crippen LogP contribution in [0.3, 0.4) is 0 Å². The molecule has 1 aromatic heterocycles. The molecule has 0 radical (unpaired) electrons. The number of nitrogens with zero attached hydrogens (tertiary/aromatic N) is 2. The molecule has 2 rings (SSSR count). The first-order valence-electron chi connectivity index (χ1n) is 4.27. The van der Waals surface area contributed by atoms with Crippen molar-refractivity contribution >= 4 is 15.9 Å². The SMILES string of the molecule is Cc1nc(Br)cc(C2CCC2)n1. The van der Waals surface area contributed by atoms with E-state index in [1.807, 2.05) is 13.0 Å². The third-order valence-corrected chi connectivity index (χ3v) is 2.76. The molecule has 0 unspecified atom stereocenters. The Bertz CT molecular complexity index is 274. The van der Waals surface area contributed by atoms with E-state index in [-0.39, 0.29) is 0 Å². The molecule has 0 saturated heterocycles. The molecular weight excluding hydrogens is 216 g/mol. The van der Waals surface area contributed by atoms with Gasteiger partial charge in [0.1, 0.15) is 10.4 Å². The highest BCUT2D eigenvalue weighted by molar-refractivity contribution is 9.10. The summed E-state index contributed by atoms with van der Waals surface area (Å²) in [6, 6.07) is 2.04. The van der Waals surface area contributed by atoms with E-state index in [9.17, 15) is 0 Å². The number of aromatic nitrogens is 2. The number of aryl methyl sites for hydroxylation is 1. The maximum Gasteiger partial charge on any atom is 0.126 e. The van der Waals surface area contributed by atoms with Crippen molar-refractivity contribution in [2.45, 2.75) is 32.1 Å². The molecule has 0 amide bonds. The van der Waals surface area contributed by atoms with Crippen LogP contribution in [0.5, 0.6) is 0 Å². The van der Waals surface area contributed by atoms with Crippen LogP contribution in [-0.4, -0.2) is 9.97 Å². The third kappa shape index (κ3) is 1.51. The zero-order valence-electron chi connectivity index (χ0n) is 7.05. The Kier molecular flexibility index (Phi) is 2.13. The van der Waals surface area contributed by atoms with Crippen LogP contribution in [0, 0.1) is 6.92 Å². The van der Waals surface area contributed by atoms with Crippen LogP contribution in [0.25, 0.3) is 0 Å². The summed E-state index contributed by atoms with van der Waals surface area (Å²) in [7, 11) is 0. The second-order valence-electron chi connectivity index (χ2n) is 3.29. The lowest BCUT2D eigenvalue weighted by Crippen LogP contribution is -2.11.